The number of nitro benzene ring substituents is 1. The predicted molar refractivity (Wildman–Crippen MR) is 63.6 cm³/mol. The van der Waals surface area contributed by atoms with Crippen LogP contribution in [0.25, 0.3) is 10.9 Å². The highest BCUT2D eigenvalue weighted by molar-refractivity contribution is 6.29. The third-order valence-corrected chi connectivity index (χ3v) is 2.43. The molecule has 5 heteroatoms. The first kappa shape index (κ1) is 10.7. The Kier molecular flexibility index (Phi) is 2.66. The molecule has 0 fully saturated rings. The van der Waals surface area contributed by atoms with Gasteiger partial charge >= 0.3 is 0 Å². The van der Waals surface area contributed by atoms with Crippen molar-refractivity contribution in [2.24, 2.45) is 0 Å². The molecule has 0 saturated heterocycles. The van der Waals surface area contributed by atoms with E-state index in [-0.39, 0.29) is 5.69 Å². The molecule has 2 aromatic rings. The minimum Gasteiger partial charge on any atom is -0.342 e. The molecule has 1 heterocycles. The number of benzene rings is 1. The van der Waals surface area contributed by atoms with E-state index in [2.05, 4.69) is 6.58 Å². The molecule has 0 spiro atoms. The second kappa shape index (κ2) is 3.98. The summed E-state index contributed by atoms with van der Waals surface area (Å²) < 4.78 is 1.83. The van der Waals surface area contributed by atoms with Gasteiger partial charge < -0.3 is 4.57 Å². The van der Waals surface area contributed by atoms with Gasteiger partial charge in [-0.2, -0.15) is 0 Å². The first-order chi connectivity index (χ1) is 7.58. The molecule has 0 aliphatic heterocycles. The van der Waals surface area contributed by atoms with Gasteiger partial charge in [0.1, 0.15) is 0 Å². The first-order valence-electron chi connectivity index (χ1n) is 4.64. The minimum atomic E-state index is -0.410. The number of rotatable bonds is 3. The lowest BCUT2D eigenvalue weighted by atomic mass is 10.2. The third-order valence-electron chi connectivity index (χ3n) is 2.31. The summed E-state index contributed by atoms with van der Waals surface area (Å²) in [6.45, 7) is 4.06. The van der Waals surface area contributed by atoms with E-state index in [0.29, 0.717) is 11.6 Å². The summed E-state index contributed by atoms with van der Waals surface area (Å²) in [5.41, 5.74) is 0.864. The van der Waals surface area contributed by atoms with E-state index in [1.54, 1.807) is 6.07 Å². The lowest BCUT2D eigenvalue weighted by Gasteiger charge is -2.02. The average molecular weight is 237 g/mol. The van der Waals surface area contributed by atoms with Crippen LogP contribution in [0.3, 0.4) is 0 Å². The zero-order valence-corrected chi connectivity index (χ0v) is 9.15. The summed E-state index contributed by atoms with van der Waals surface area (Å²) in [5.74, 6) is 0. The van der Waals surface area contributed by atoms with Crippen LogP contribution < -0.4 is 0 Å². The van der Waals surface area contributed by atoms with Crippen molar-refractivity contribution in [3.8, 4) is 0 Å². The van der Waals surface area contributed by atoms with Crippen molar-refractivity contribution < 1.29 is 4.92 Å². The summed E-state index contributed by atoms with van der Waals surface area (Å²) in [7, 11) is 0. The van der Waals surface area contributed by atoms with Crippen LogP contribution in [-0.2, 0) is 6.54 Å². The van der Waals surface area contributed by atoms with Gasteiger partial charge in [-0.1, -0.05) is 18.2 Å². The largest absolute Gasteiger partial charge is 0.342 e. The topological polar surface area (TPSA) is 48.1 Å². The zero-order chi connectivity index (χ0) is 11.7. The number of hydrogen-bond acceptors (Lipinski definition) is 2. The standard InChI is InChI=1S/C11H9ClN2O2/c1-8(12)7-13-5-4-9-2-3-10(14(15)16)6-11(9)13/h2-6H,1,7H2. The molecule has 4 nitrogen and oxygen atoms in total. The Hall–Kier alpha value is -1.81. The van der Waals surface area contributed by atoms with Gasteiger partial charge in [0.2, 0.25) is 0 Å². The van der Waals surface area contributed by atoms with Crippen LogP contribution in [0.2, 0.25) is 0 Å². The van der Waals surface area contributed by atoms with Gasteiger partial charge in [-0.25, -0.2) is 0 Å². The van der Waals surface area contributed by atoms with E-state index >= 15 is 0 Å². The van der Waals surface area contributed by atoms with Gasteiger partial charge in [0.15, 0.2) is 0 Å². The summed E-state index contributed by atoms with van der Waals surface area (Å²) in [5, 5.41) is 12.1. The minimum absolute atomic E-state index is 0.0765. The highest BCUT2D eigenvalue weighted by atomic mass is 35.5. The number of halogens is 1. The van der Waals surface area contributed by atoms with Crippen molar-refractivity contribution in [2.45, 2.75) is 6.54 Å². The molecule has 0 amide bonds. The number of hydrogen-bond donors (Lipinski definition) is 0. The smallest absolute Gasteiger partial charge is 0.271 e. The first-order valence-corrected chi connectivity index (χ1v) is 5.02. The van der Waals surface area contributed by atoms with Crippen LogP contribution in [0.1, 0.15) is 0 Å². The summed E-state index contributed by atoms with van der Waals surface area (Å²) in [6.07, 6.45) is 1.84. The van der Waals surface area contributed by atoms with E-state index in [1.165, 1.54) is 12.1 Å². The highest BCUT2D eigenvalue weighted by Crippen LogP contribution is 2.22. The molecule has 0 aliphatic carbocycles. The van der Waals surface area contributed by atoms with Crippen LogP contribution >= 0.6 is 11.6 Å². The van der Waals surface area contributed by atoms with Crippen LogP contribution in [-0.4, -0.2) is 9.49 Å². The summed E-state index contributed by atoms with van der Waals surface area (Å²) in [4.78, 5) is 10.2. The Labute approximate surface area is 96.9 Å². The quantitative estimate of drug-likeness (QED) is 0.606. The maximum absolute atomic E-state index is 10.7. The van der Waals surface area contributed by atoms with E-state index in [9.17, 15) is 10.1 Å². The van der Waals surface area contributed by atoms with Crippen molar-refractivity contribution in [3.63, 3.8) is 0 Å². The van der Waals surface area contributed by atoms with Crippen LogP contribution in [0.4, 0.5) is 5.69 Å². The second-order valence-corrected chi connectivity index (χ2v) is 4.00. The second-order valence-electron chi connectivity index (χ2n) is 3.46. The summed E-state index contributed by atoms with van der Waals surface area (Å²) >= 11 is 5.72. The zero-order valence-electron chi connectivity index (χ0n) is 8.39. The molecule has 0 aliphatic rings. The van der Waals surface area contributed by atoms with E-state index < -0.39 is 4.92 Å². The highest BCUT2D eigenvalue weighted by Gasteiger charge is 2.09. The van der Waals surface area contributed by atoms with Gasteiger partial charge in [-0.05, 0) is 12.1 Å². The fourth-order valence-electron chi connectivity index (χ4n) is 1.61. The number of aromatic nitrogens is 1. The number of nitrogens with zero attached hydrogens (tertiary/aromatic N) is 2. The Morgan fingerprint density at radius 1 is 1.50 bits per heavy atom. The van der Waals surface area contributed by atoms with Crippen molar-refractivity contribution in [3.05, 3.63) is 52.2 Å². The third kappa shape index (κ3) is 1.92. The van der Waals surface area contributed by atoms with Crippen molar-refractivity contribution in [1.29, 1.82) is 0 Å². The van der Waals surface area contributed by atoms with Gasteiger partial charge in [-0.15, -0.1) is 0 Å². The molecule has 16 heavy (non-hydrogen) atoms. The monoisotopic (exact) mass is 236 g/mol. The molecule has 0 atom stereocenters. The maximum atomic E-state index is 10.7. The molecule has 1 aromatic carbocycles. The lowest BCUT2D eigenvalue weighted by molar-refractivity contribution is -0.384. The number of allylic oxidation sites excluding steroid dienone is 1. The summed E-state index contributed by atoms with van der Waals surface area (Å²) in [6, 6.07) is 6.64. The van der Waals surface area contributed by atoms with Gasteiger partial charge in [0.05, 0.1) is 17.0 Å². The van der Waals surface area contributed by atoms with E-state index in [4.69, 9.17) is 11.6 Å². The number of non-ortho nitro benzene ring substituents is 1. The molecular weight excluding hydrogens is 228 g/mol. The molecule has 0 N–H and O–H groups in total. The normalized spacial score (nSPS) is 10.6. The maximum Gasteiger partial charge on any atom is 0.271 e. The molecule has 0 saturated carbocycles. The van der Waals surface area contributed by atoms with E-state index in [0.717, 1.165) is 10.9 Å². The Balaban J connectivity index is 2.55. The average Bonchev–Trinajstić information content (AvgIpc) is 2.60. The lowest BCUT2D eigenvalue weighted by Crippen LogP contribution is -1.95. The fourth-order valence-corrected chi connectivity index (χ4v) is 1.74. The Morgan fingerprint density at radius 3 is 2.88 bits per heavy atom. The van der Waals surface area contributed by atoms with Gasteiger partial charge in [-0.3, -0.25) is 10.1 Å². The number of nitro groups is 1. The Bertz CT molecular complexity index is 574. The molecular formula is C11H9ClN2O2. The molecule has 0 unspecified atom stereocenters. The van der Waals surface area contributed by atoms with E-state index in [1.807, 2.05) is 16.8 Å². The Morgan fingerprint density at radius 2 is 2.25 bits per heavy atom. The molecule has 0 radical (unpaired) electrons. The fraction of sp³-hybridized carbons (Fsp3) is 0.0909. The van der Waals surface area contributed by atoms with Gasteiger partial charge in [0.25, 0.3) is 5.69 Å². The van der Waals surface area contributed by atoms with Crippen molar-refractivity contribution >= 4 is 28.2 Å². The predicted octanol–water partition coefficient (Wildman–Crippen LogP) is 3.30. The molecule has 82 valence electrons. The SMILES string of the molecule is C=C(Cl)Cn1ccc2ccc([N+](=O)[O-])cc21. The van der Waals surface area contributed by atoms with Crippen LogP contribution in [0, 0.1) is 10.1 Å². The van der Waals surface area contributed by atoms with Crippen molar-refractivity contribution in [1.82, 2.24) is 4.57 Å². The van der Waals surface area contributed by atoms with Gasteiger partial charge in [0, 0.05) is 28.7 Å². The molecule has 0 bridgehead atoms. The molecule has 2 rings (SSSR count). The molecule has 1 aromatic heterocycles. The number of fused-ring (bicyclic) bond motifs is 1. The van der Waals surface area contributed by atoms with Crippen LogP contribution in [0.5, 0.6) is 0 Å². The van der Waals surface area contributed by atoms with Crippen LogP contribution in [0.15, 0.2) is 42.1 Å². The van der Waals surface area contributed by atoms with Crippen molar-refractivity contribution in [2.75, 3.05) is 0 Å².